The molecule has 116 valence electrons. The average molecular weight is 305 g/mol. The zero-order chi connectivity index (χ0) is 15.7. The lowest BCUT2D eigenvalue weighted by Gasteiger charge is -2.46. The number of nitrogens with zero attached hydrogens (tertiary/aromatic N) is 1. The van der Waals surface area contributed by atoms with Crippen LogP contribution in [0.4, 0.5) is 8.78 Å². The van der Waals surface area contributed by atoms with E-state index in [1.165, 1.54) is 0 Å². The van der Waals surface area contributed by atoms with Crippen LogP contribution < -0.4 is 4.74 Å². The number of rotatable bonds is 2. The van der Waals surface area contributed by atoms with Crippen LogP contribution in [0.15, 0.2) is 12.1 Å². The van der Waals surface area contributed by atoms with Crippen LogP contribution in [0.1, 0.15) is 55.3 Å². The Balaban J connectivity index is 2.05. The predicted molar refractivity (Wildman–Crippen MR) is 75.5 cm³/mol. The summed E-state index contributed by atoms with van der Waals surface area (Å²) in [7, 11) is 0. The Bertz CT molecular complexity index is 645. The lowest BCUT2D eigenvalue weighted by atomic mass is 9.69. The number of Topliss-reactive ketones (excluding diaryl/α,β-unsaturated/α-hetero) is 1. The molecular weight excluding hydrogens is 288 g/mol. The molecule has 1 heterocycles. The predicted octanol–water partition coefficient (Wildman–Crippen LogP) is 4.16. The maximum absolute atomic E-state index is 13.5. The van der Waals surface area contributed by atoms with Crippen molar-refractivity contribution < 1.29 is 18.3 Å². The molecule has 3 rings (SSSR count). The number of fused-ring (bicyclic) bond motifs is 1. The molecule has 0 N–H and O–H groups in total. The molecule has 5 heteroatoms. The van der Waals surface area contributed by atoms with Crippen molar-refractivity contribution in [1.29, 1.82) is 5.26 Å². The fourth-order valence-electron chi connectivity index (χ4n) is 3.73. The maximum Gasteiger partial charge on any atom is 0.173 e. The number of benzene rings is 1. The van der Waals surface area contributed by atoms with Gasteiger partial charge in [-0.3, -0.25) is 4.79 Å². The first-order valence-corrected chi connectivity index (χ1v) is 7.66. The summed E-state index contributed by atoms with van der Waals surface area (Å²) < 4.78 is 33.0. The number of hydrogen-bond donors (Lipinski definition) is 0. The quantitative estimate of drug-likeness (QED) is 0.824. The minimum atomic E-state index is -1.05. The summed E-state index contributed by atoms with van der Waals surface area (Å²) in [4.78, 5) is 12.8. The van der Waals surface area contributed by atoms with Crippen molar-refractivity contribution in [1.82, 2.24) is 0 Å². The van der Waals surface area contributed by atoms with Gasteiger partial charge in [0.2, 0.25) is 0 Å². The Morgan fingerprint density at radius 3 is 2.59 bits per heavy atom. The van der Waals surface area contributed by atoms with Crippen LogP contribution in [0.25, 0.3) is 0 Å². The highest BCUT2D eigenvalue weighted by Gasteiger charge is 2.49. The van der Waals surface area contributed by atoms with E-state index in [0.717, 1.165) is 31.4 Å². The summed E-state index contributed by atoms with van der Waals surface area (Å²) >= 11 is 0. The largest absolute Gasteiger partial charge is 0.486 e. The van der Waals surface area contributed by atoms with Crippen LogP contribution in [0.2, 0.25) is 0 Å². The van der Waals surface area contributed by atoms with Gasteiger partial charge >= 0.3 is 0 Å². The van der Waals surface area contributed by atoms with E-state index in [0.29, 0.717) is 19.3 Å². The van der Waals surface area contributed by atoms with Crippen molar-refractivity contribution in [2.75, 3.05) is 0 Å². The van der Waals surface area contributed by atoms with Gasteiger partial charge in [0, 0.05) is 12.5 Å². The summed E-state index contributed by atoms with van der Waals surface area (Å²) in [5.74, 6) is -2.59. The van der Waals surface area contributed by atoms with E-state index in [1.54, 1.807) is 0 Å². The Morgan fingerprint density at radius 2 is 1.91 bits per heavy atom. The number of carbonyl (C=O) groups is 1. The van der Waals surface area contributed by atoms with Crippen molar-refractivity contribution in [3.63, 3.8) is 0 Å². The zero-order valence-corrected chi connectivity index (χ0v) is 12.2. The van der Waals surface area contributed by atoms with Crippen LogP contribution >= 0.6 is 0 Å². The fraction of sp³-hybridized carbons (Fsp3) is 0.529. The number of carbonyl (C=O) groups excluding carboxylic acids is 1. The van der Waals surface area contributed by atoms with Crippen LogP contribution in [0, 0.1) is 28.9 Å². The van der Waals surface area contributed by atoms with Gasteiger partial charge in [0.1, 0.15) is 11.4 Å². The third-order valence-electron chi connectivity index (χ3n) is 4.80. The van der Waals surface area contributed by atoms with E-state index >= 15 is 0 Å². The molecule has 0 aromatic heterocycles. The van der Waals surface area contributed by atoms with Crippen molar-refractivity contribution in [2.24, 2.45) is 5.92 Å². The average Bonchev–Trinajstić information content (AvgIpc) is 2.50. The molecule has 1 aromatic rings. The van der Waals surface area contributed by atoms with E-state index in [-0.39, 0.29) is 23.5 Å². The van der Waals surface area contributed by atoms with Gasteiger partial charge < -0.3 is 4.74 Å². The van der Waals surface area contributed by atoms with Crippen molar-refractivity contribution in [3.8, 4) is 11.8 Å². The Labute approximate surface area is 127 Å². The first kappa shape index (κ1) is 15.0. The summed E-state index contributed by atoms with van der Waals surface area (Å²) in [6, 6.07) is 3.95. The third-order valence-corrected chi connectivity index (χ3v) is 4.80. The summed E-state index contributed by atoms with van der Waals surface area (Å²) in [6.45, 7) is 0. The monoisotopic (exact) mass is 305 g/mol. The van der Waals surface area contributed by atoms with Crippen LogP contribution in [0.3, 0.4) is 0 Å². The Kier molecular flexibility index (Phi) is 3.86. The molecule has 1 unspecified atom stereocenters. The van der Waals surface area contributed by atoms with Crippen LogP contribution in [-0.2, 0) is 0 Å². The first-order chi connectivity index (χ1) is 10.6. The van der Waals surface area contributed by atoms with Gasteiger partial charge in [-0.15, -0.1) is 0 Å². The molecule has 1 aliphatic heterocycles. The molecule has 0 bridgehead atoms. The Hall–Kier alpha value is -1.96. The number of ketones is 1. The highest BCUT2D eigenvalue weighted by atomic mass is 19.2. The van der Waals surface area contributed by atoms with Crippen LogP contribution in [0.5, 0.6) is 5.75 Å². The maximum atomic E-state index is 13.5. The van der Waals surface area contributed by atoms with Gasteiger partial charge in [0.05, 0.1) is 17.6 Å². The van der Waals surface area contributed by atoms with Gasteiger partial charge in [-0.1, -0.05) is 6.42 Å². The second kappa shape index (κ2) is 5.68. The molecule has 3 nitrogen and oxygen atoms in total. The summed E-state index contributed by atoms with van der Waals surface area (Å²) in [5, 5.41) is 8.83. The zero-order valence-electron chi connectivity index (χ0n) is 12.2. The molecule has 1 spiro atoms. The summed E-state index contributed by atoms with van der Waals surface area (Å²) in [6.07, 6.45) is 5.04. The van der Waals surface area contributed by atoms with E-state index in [1.807, 2.05) is 0 Å². The molecule has 22 heavy (non-hydrogen) atoms. The van der Waals surface area contributed by atoms with Crippen LogP contribution in [-0.4, -0.2) is 11.4 Å². The van der Waals surface area contributed by atoms with Crippen molar-refractivity contribution >= 4 is 5.78 Å². The second-order valence-electron chi connectivity index (χ2n) is 6.10. The smallest absolute Gasteiger partial charge is 0.173 e. The third kappa shape index (κ3) is 2.37. The number of nitriles is 1. The number of hydrogen-bond acceptors (Lipinski definition) is 3. The molecule has 2 aliphatic rings. The van der Waals surface area contributed by atoms with Crippen molar-refractivity contribution in [3.05, 3.63) is 29.3 Å². The molecule has 1 aliphatic carbocycles. The molecule has 1 fully saturated rings. The Morgan fingerprint density at radius 1 is 1.23 bits per heavy atom. The lowest BCUT2D eigenvalue weighted by Crippen LogP contribution is -2.51. The SMILES string of the molecule is N#CCCC1C(=O)c2cc(F)c(F)cc2OC12CCCCC2. The molecule has 1 saturated carbocycles. The second-order valence-corrected chi connectivity index (χ2v) is 6.10. The molecule has 1 aromatic carbocycles. The van der Waals surface area contributed by atoms with Gasteiger partial charge in [0.25, 0.3) is 0 Å². The topological polar surface area (TPSA) is 50.1 Å². The van der Waals surface area contributed by atoms with Gasteiger partial charge in [-0.2, -0.15) is 5.26 Å². The first-order valence-electron chi connectivity index (χ1n) is 7.66. The highest BCUT2D eigenvalue weighted by Crippen LogP contribution is 2.47. The molecule has 1 atom stereocenters. The number of halogens is 2. The van der Waals surface area contributed by atoms with Crippen molar-refractivity contribution in [2.45, 2.75) is 50.5 Å². The minimum Gasteiger partial charge on any atom is -0.486 e. The molecule has 0 amide bonds. The lowest BCUT2D eigenvalue weighted by molar-refractivity contribution is -0.0282. The standard InChI is InChI=1S/C17H17F2NO2/c18-13-9-11-15(10-14(13)19)22-17(6-2-1-3-7-17)12(16(11)21)5-4-8-20/h9-10,12H,1-7H2. The number of ether oxygens (including phenoxy) is 1. The van der Waals surface area contributed by atoms with E-state index in [4.69, 9.17) is 10.00 Å². The van der Waals surface area contributed by atoms with Gasteiger partial charge in [0.15, 0.2) is 17.4 Å². The van der Waals surface area contributed by atoms with E-state index in [2.05, 4.69) is 6.07 Å². The molecule has 0 saturated heterocycles. The van der Waals surface area contributed by atoms with E-state index < -0.39 is 23.2 Å². The molecular formula is C17H17F2NO2. The van der Waals surface area contributed by atoms with Gasteiger partial charge in [-0.05, 0) is 38.2 Å². The minimum absolute atomic E-state index is 0.0954. The normalized spacial score (nSPS) is 22.8. The van der Waals surface area contributed by atoms with E-state index in [9.17, 15) is 13.6 Å². The summed E-state index contributed by atoms with van der Waals surface area (Å²) in [5.41, 5.74) is -0.568. The fourth-order valence-corrected chi connectivity index (χ4v) is 3.73. The molecule has 0 radical (unpaired) electrons. The highest BCUT2D eigenvalue weighted by molar-refractivity contribution is 6.02. The van der Waals surface area contributed by atoms with Gasteiger partial charge in [-0.25, -0.2) is 8.78 Å².